The molecule has 0 amide bonds. The Labute approximate surface area is 199 Å². The number of carbonyl (C=O) groups excluding carboxylic acids is 2. The molecule has 2 aromatic rings. The van der Waals surface area contributed by atoms with Crippen LogP contribution in [0.4, 0.5) is 0 Å². The van der Waals surface area contributed by atoms with Crippen molar-refractivity contribution in [3.63, 3.8) is 0 Å². The van der Waals surface area contributed by atoms with Crippen LogP contribution in [0.15, 0.2) is 60.7 Å². The molecule has 2 aromatic carbocycles. The van der Waals surface area contributed by atoms with Gasteiger partial charge in [-0.25, -0.2) is 9.59 Å². The SMILES string of the molecule is CC1(C)O[C@H]2[C@@H](OC(C)(C)O[C@@H]2COC(=O)c2ccccc2)[C@H](COC(=O)c2ccccc2)O1. The van der Waals surface area contributed by atoms with Crippen LogP contribution in [-0.2, 0) is 28.4 Å². The summed E-state index contributed by atoms with van der Waals surface area (Å²) >= 11 is 0. The summed E-state index contributed by atoms with van der Waals surface area (Å²) in [5, 5.41) is 0. The van der Waals surface area contributed by atoms with Crippen molar-refractivity contribution in [3.8, 4) is 0 Å². The van der Waals surface area contributed by atoms with Crippen molar-refractivity contribution in [2.24, 2.45) is 0 Å². The second-order valence-corrected chi connectivity index (χ2v) is 9.21. The van der Waals surface area contributed by atoms with Crippen molar-refractivity contribution in [2.75, 3.05) is 13.2 Å². The number of esters is 2. The van der Waals surface area contributed by atoms with Crippen LogP contribution in [0.2, 0.25) is 0 Å². The molecule has 0 spiro atoms. The van der Waals surface area contributed by atoms with Gasteiger partial charge in [-0.1, -0.05) is 36.4 Å². The highest BCUT2D eigenvalue weighted by Crippen LogP contribution is 2.38. The van der Waals surface area contributed by atoms with Crippen molar-refractivity contribution in [1.29, 1.82) is 0 Å². The van der Waals surface area contributed by atoms with E-state index < -0.39 is 47.9 Å². The number of hydrogen-bond donors (Lipinski definition) is 0. The molecule has 4 atom stereocenters. The van der Waals surface area contributed by atoms with E-state index >= 15 is 0 Å². The molecular formula is C26H30O8. The molecule has 2 heterocycles. The van der Waals surface area contributed by atoms with Gasteiger partial charge in [0, 0.05) is 0 Å². The van der Waals surface area contributed by atoms with Crippen molar-refractivity contribution in [3.05, 3.63) is 71.8 Å². The maximum absolute atomic E-state index is 12.5. The van der Waals surface area contributed by atoms with E-state index in [9.17, 15) is 9.59 Å². The van der Waals surface area contributed by atoms with Crippen molar-refractivity contribution < 1.29 is 38.0 Å². The zero-order valence-corrected chi connectivity index (χ0v) is 19.8. The van der Waals surface area contributed by atoms with Gasteiger partial charge in [-0.3, -0.25) is 0 Å². The molecule has 0 unspecified atom stereocenters. The van der Waals surface area contributed by atoms with Gasteiger partial charge in [-0.05, 0) is 52.0 Å². The molecule has 2 aliphatic heterocycles. The highest BCUT2D eigenvalue weighted by Gasteiger charge is 2.54. The molecule has 34 heavy (non-hydrogen) atoms. The Bertz CT molecular complexity index is 907. The number of ether oxygens (including phenoxy) is 6. The van der Waals surface area contributed by atoms with E-state index in [1.165, 1.54) is 0 Å². The van der Waals surface area contributed by atoms with E-state index in [-0.39, 0.29) is 13.2 Å². The molecule has 0 saturated carbocycles. The monoisotopic (exact) mass is 470 g/mol. The molecular weight excluding hydrogens is 440 g/mol. The first-order chi connectivity index (χ1) is 16.1. The molecule has 2 fully saturated rings. The first kappa shape index (κ1) is 24.3. The number of carbonyl (C=O) groups is 2. The molecule has 0 radical (unpaired) electrons. The van der Waals surface area contributed by atoms with Crippen LogP contribution < -0.4 is 0 Å². The Balaban J connectivity index is 1.47. The molecule has 0 bridgehead atoms. The molecule has 8 nitrogen and oxygen atoms in total. The lowest BCUT2D eigenvalue weighted by molar-refractivity contribution is -0.426. The fourth-order valence-electron chi connectivity index (χ4n) is 4.17. The Morgan fingerprint density at radius 3 is 1.35 bits per heavy atom. The standard InChI is InChI=1S/C26H30O8/c1-25(2)31-19(15-29-23(27)17-11-7-5-8-12-17)22-21(33-25)20(32-26(3,4)34-22)16-30-24(28)18-13-9-6-10-14-18/h5-14,19-22H,15-16H2,1-4H3/t19-,20+,21+,22-. The minimum Gasteiger partial charge on any atom is -0.459 e. The van der Waals surface area contributed by atoms with Gasteiger partial charge in [-0.15, -0.1) is 0 Å². The average molecular weight is 471 g/mol. The van der Waals surface area contributed by atoms with Gasteiger partial charge in [0.25, 0.3) is 0 Å². The summed E-state index contributed by atoms with van der Waals surface area (Å²) in [4.78, 5) is 25.0. The predicted molar refractivity (Wildman–Crippen MR) is 121 cm³/mol. The lowest BCUT2D eigenvalue weighted by Crippen LogP contribution is -2.67. The maximum atomic E-state index is 12.5. The average Bonchev–Trinajstić information content (AvgIpc) is 2.81. The van der Waals surface area contributed by atoms with Crippen LogP contribution in [0.3, 0.4) is 0 Å². The van der Waals surface area contributed by atoms with Crippen LogP contribution >= 0.6 is 0 Å². The third-order valence-electron chi connectivity index (χ3n) is 5.54. The summed E-state index contributed by atoms with van der Waals surface area (Å²) in [7, 11) is 0. The van der Waals surface area contributed by atoms with E-state index in [0.29, 0.717) is 11.1 Å². The van der Waals surface area contributed by atoms with Crippen LogP contribution in [-0.4, -0.2) is 61.1 Å². The predicted octanol–water partition coefficient (Wildman–Crippen LogP) is 3.74. The highest BCUT2D eigenvalue weighted by molar-refractivity contribution is 5.89. The molecule has 182 valence electrons. The van der Waals surface area contributed by atoms with Crippen LogP contribution in [0.1, 0.15) is 48.4 Å². The molecule has 0 aromatic heterocycles. The molecule has 0 N–H and O–H groups in total. The van der Waals surface area contributed by atoms with Crippen LogP contribution in [0, 0.1) is 0 Å². The third-order valence-corrected chi connectivity index (χ3v) is 5.54. The summed E-state index contributed by atoms with van der Waals surface area (Å²) < 4.78 is 35.5. The Kier molecular flexibility index (Phi) is 7.04. The third kappa shape index (κ3) is 5.82. The van der Waals surface area contributed by atoms with Gasteiger partial charge in [0.05, 0.1) is 11.1 Å². The van der Waals surface area contributed by atoms with Gasteiger partial charge in [0.15, 0.2) is 11.6 Å². The fourth-order valence-corrected chi connectivity index (χ4v) is 4.17. The van der Waals surface area contributed by atoms with E-state index in [1.807, 2.05) is 12.1 Å². The smallest absolute Gasteiger partial charge is 0.338 e. The van der Waals surface area contributed by atoms with Crippen LogP contribution in [0.5, 0.6) is 0 Å². The summed E-state index contributed by atoms with van der Waals surface area (Å²) in [6, 6.07) is 17.5. The number of benzene rings is 2. The second-order valence-electron chi connectivity index (χ2n) is 9.21. The topological polar surface area (TPSA) is 89.5 Å². The largest absolute Gasteiger partial charge is 0.459 e. The Morgan fingerprint density at radius 2 is 1.00 bits per heavy atom. The van der Waals surface area contributed by atoms with E-state index in [0.717, 1.165) is 0 Å². The van der Waals surface area contributed by atoms with E-state index in [1.54, 1.807) is 76.2 Å². The summed E-state index contributed by atoms with van der Waals surface area (Å²) in [6.07, 6.45) is -2.45. The second kappa shape index (κ2) is 9.84. The molecule has 0 aliphatic carbocycles. The number of rotatable bonds is 6. The maximum Gasteiger partial charge on any atom is 0.338 e. The van der Waals surface area contributed by atoms with Crippen molar-refractivity contribution >= 4 is 11.9 Å². The Morgan fingerprint density at radius 1 is 0.647 bits per heavy atom. The van der Waals surface area contributed by atoms with Crippen molar-refractivity contribution in [2.45, 2.75) is 63.7 Å². The van der Waals surface area contributed by atoms with Gasteiger partial charge in [-0.2, -0.15) is 0 Å². The van der Waals surface area contributed by atoms with E-state index in [4.69, 9.17) is 28.4 Å². The van der Waals surface area contributed by atoms with Crippen LogP contribution in [0.25, 0.3) is 0 Å². The first-order valence-electron chi connectivity index (χ1n) is 11.3. The minimum atomic E-state index is -0.999. The lowest BCUT2D eigenvalue weighted by Gasteiger charge is -2.53. The zero-order valence-electron chi connectivity index (χ0n) is 19.8. The number of fused-ring (bicyclic) bond motifs is 1. The normalized spacial score (nSPS) is 27.3. The van der Waals surface area contributed by atoms with Gasteiger partial charge in [0.2, 0.25) is 0 Å². The fraction of sp³-hybridized carbons (Fsp3) is 0.462. The van der Waals surface area contributed by atoms with Gasteiger partial charge in [0.1, 0.15) is 37.6 Å². The van der Waals surface area contributed by atoms with Crippen molar-refractivity contribution in [1.82, 2.24) is 0 Å². The van der Waals surface area contributed by atoms with Gasteiger partial charge < -0.3 is 28.4 Å². The van der Waals surface area contributed by atoms with E-state index in [2.05, 4.69) is 0 Å². The molecule has 2 aliphatic rings. The Hall–Kier alpha value is -2.78. The molecule has 4 rings (SSSR count). The van der Waals surface area contributed by atoms with Gasteiger partial charge >= 0.3 is 11.9 Å². The lowest BCUT2D eigenvalue weighted by atomic mass is 9.97. The number of hydrogen-bond acceptors (Lipinski definition) is 8. The highest BCUT2D eigenvalue weighted by atomic mass is 16.8. The summed E-state index contributed by atoms with van der Waals surface area (Å²) in [5.74, 6) is -2.91. The molecule has 8 heteroatoms. The first-order valence-corrected chi connectivity index (χ1v) is 11.3. The summed E-state index contributed by atoms with van der Waals surface area (Å²) in [5.41, 5.74) is 0.897. The summed E-state index contributed by atoms with van der Waals surface area (Å²) in [6.45, 7) is 7.00. The quantitative estimate of drug-likeness (QED) is 0.590. The molecule has 2 saturated heterocycles. The minimum absolute atomic E-state index is 0.0334. The zero-order chi connectivity index (χ0) is 24.3.